The van der Waals surface area contributed by atoms with Gasteiger partial charge in [-0.1, -0.05) is 19.1 Å². The van der Waals surface area contributed by atoms with Crippen molar-refractivity contribution in [2.45, 2.75) is 63.1 Å². The van der Waals surface area contributed by atoms with E-state index in [1.54, 1.807) is 18.1 Å². The van der Waals surface area contributed by atoms with E-state index in [2.05, 4.69) is 5.10 Å². The Morgan fingerprint density at radius 1 is 1.26 bits per heavy atom. The van der Waals surface area contributed by atoms with Gasteiger partial charge in [-0.05, 0) is 56.3 Å². The maximum Gasteiger partial charge on any atom is 0.279 e. The van der Waals surface area contributed by atoms with E-state index in [1.807, 2.05) is 56.4 Å². The van der Waals surface area contributed by atoms with Crippen LogP contribution in [0.25, 0.3) is 16.6 Å². The molecule has 1 fully saturated rings. The summed E-state index contributed by atoms with van der Waals surface area (Å²) in [6.45, 7) is 6.29. The minimum atomic E-state index is -2.86. The van der Waals surface area contributed by atoms with Crippen molar-refractivity contribution < 1.29 is 24.2 Å². The van der Waals surface area contributed by atoms with E-state index in [4.69, 9.17) is 9.47 Å². The molecule has 1 aromatic heterocycles. The van der Waals surface area contributed by atoms with Gasteiger partial charge >= 0.3 is 0 Å². The number of amides is 1. The van der Waals surface area contributed by atoms with Crippen molar-refractivity contribution in [2.75, 3.05) is 20.3 Å². The Kier molecular flexibility index (Phi) is 7.25. The summed E-state index contributed by atoms with van der Waals surface area (Å²) in [4.78, 5) is 39.4. The van der Waals surface area contributed by atoms with Crippen LogP contribution in [-0.2, 0) is 9.53 Å². The quantitative estimate of drug-likeness (QED) is 0.397. The van der Waals surface area contributed by atoms with Gasteiger partial charge in [0.15, 0.2) is 8.32 Å². The number of nitrogens with one attached hydrogen (secondary N) is 1. The molecule has 1 unspecified atom stereocenters. The van der Waals surface area contributed by atoms with Crippen LogP contribution in [0, 0.1) is 5.92 Å². The Bertz CT molecular complexity index is 1380. The summed E-state index contributed by atoms with van der Waals surface area (Å²) in [5.74, 6) is 0.411. The minimum Gasteiger partial charge on any atom is -0.490 e. The fraction of sp³-hybridized carbons (Fsp3) is 0.500. The molecule has 0 spiro atoms. The number of fused-ring (bicyclic) bond motifs is 2. The van der Waals surface area contributed by atoms with E-state index < -0.39 is 14.4 Å². The Morgan fingerprint density at radius 2 is 2.03 bits per heavy atom. The molecule has 2 aliphatic heterocycles. The van der Waals surface area contributed by atoms with Crippen molar-refractivity contribution in [3.8, 4) is 11.4 Å². The number of aromatic amines is 1. The summed E-state index contributed by atoms with van der Waals surface area (Å²) < 4.78 is 14.0. The lowest BCUT2D eigenvalue weighted by atomic mass is 9.86. The third-order valence-electron chi connectivity index (χ3n) is 8.27. The molecule has 1 saturated heterocycles. The number of likely N-dealkylation sites (tertiary alicyclic amines) is 1. The van der Waals surface area contributed by atoms with Gasteiger partial charge in [0.25, 0.3) is 5.56 Å². The largest absolute Gasteiger partial charge is 0.490 e. The van der Waals surface area contributed by atoms with E-state index in [-0.39, 0.29) is 48.1 Å². The highest BCUT2D eigenvalue weighted by atomic mass is 28.4. The molecule has 0 aliphatic carbocycles. The normalized spacial score (nSPS) is 24.3. The van der Waals surface area contributed by atoms with Crippen molar-refractivity contribution in [2.24, 2.45) is 5.92 Å². The highest BCUT2D eigenvalue weighted by Gasteiger charge is 2.48. The molecule has 3 heterocycles. The van der Waals surface area contributed by atoms with Crippen molar-refractivity contribution >= 4 is 25.1 Å². The third kappa shape index (κ3) is 4.70. The average Bonchev–Trinajstić information content (AvgIpc) is 3.51. The summed E-state index contributed by atoms with van der Waals surface area (Å²) in [7, 11) is -1.21. The van der Waals surface area contributed by atoms with Crippen molar-refractivity contribution in [3.05, 3.63) is 58.4 Å². The number of carbonyl (C=O) groups excluding carboxylic acids is 1. The van der Waals surface area contributed by atoms with Gasteiger partial charge in [0.2, 0.25) is 5.91 Å². The van der Waals surface area contributed by atoms with Gasteiger partial charge in [-0.2, -0.15) is 0 Å². The first-order chi connectivity index (χ1) is 18.1. The predicted molar refractivity (Wildman–Crippen MR) is 147 cm³/mol. The molecule has 9 nitrogen and oxygen atoms in total. The number of ether oxygens (including phenoxy) is 2. The SMILES string of the molecule is CO[C@@H]1c2cc(-n3[nH]c4ccccc4c3=O)ccc2O[C@H](C(CC(=O)N2CCC[C@H]2CO)[Si](C)(C)O)[C@H]1C. The van der Waals surface area contributed by atoms with Crippen molar-refractivity contribution in [1.29, 1.82) is 0 Å². The molecule has 204 valence electrons. The van der Waals surface area contributed by atoms with Gasteiger partial charge < -0.3 is 24.3 Å². The minimum absolute atomic E-state index is 0.0480. The zero-order chi connectivity index (χ0) is 27.2. The van der Waals surface area contributed by atoms with Crippen LogP contribution in [-0.4, -0.2) is 71.2 Å². The molecule has 0 saturated carbocycles. The molecule has 2 aromatic carbocycles. The van der Waals surface area contributed by atoms with E-state index in [9.17, 15) is 19.5 Å². The molecule has 3 N–H and O–H groups in total. The van der Waals surface area contributed by atoms with Crippen LogP contribution in [0.2, 0.25) is 18.6 Å². The number of benzene rings is 2. The first kappa shape index (κ1) is 26.7. The van der Waals surface area contributed by atoms with Gasteiger partial charge in [-0.25, -0.2) is 4.68 Å². The lowest BCUT2D eigenvalue weighted by Gasteiger charge is -2.44. The zero-order valence-corrected chi connectivity index (χ0v) is 23.4. The van der Waals surface area contributed by atoms with Crippen LogP contribution >= 0.6 is 0 Å². The number of carbonyl (C=O) groups is 1. The smallest absolute Gasteiger partial charge is 0.279 e. The van der Waals surface area contributed by atoms with E-state index >= 15 is 0 Å². The second-order valence-electron chi connectivity index (χ2n) is 11.1. The number of aliphatic hydroxyl groups excluding tert-OH is 1. The molecule has 1 amide bonds. The number of rotatable bonds is 7. The average molecular weight is 540 g/mol. The number of H-pyrrole nitrogens is 1. The molecule has 5 atom stereocenters. The molecule has 0 bridgehead atoms. The van der Waals surface area contributed by atoms with Gasteiger partial charge in [0.05, 0.1) is 35.3 Å². The van der Waals surface area contributed by atoms with E-state index in [0.717, 1.165) is 23.9 Å². The first-order valence-electron chi connectivity index (χ1n) is 13.3. The topological polar surface area (TPSA) is 117 Å². The number of hydrogen-bond donors (Lipinski definition) is 3. The Balaban J connectivity index is 1.47. The first-order valence-corrected chi connectivity index (χ1v) is 16.3. The summed E-state index contributed by atoms with van der Waals surface area (Å²) >= 11 is 0. The zero-order valence-electron chi connectivity index (χ0n) is 22.4. The van der Waals surface area contributed by atoms with E-state index in [0.29, 0.717) is 23.4 Å². The molecule has 38 heavy (non-hydrogen) atoms. The van der Waals surface area contributed by atoms with E-state index in [1.165, 1.54) is 4.68 Å². The molecular formula is C28H37N3O6Si. The van der Waals surface area contributed by atoms with Crippen LogP contribution in [0.1, 0.15) is 37.9 Å². The number of hydrogen-bond acceptors (Lipinski definition) is 6. The Hall–Kier alpha value is -2.92. The van der Waals surface area contributed by atoms with Gasteiger partial charge in [0, 0.05) is 37.1 Å². The second-order valence-corrected chi connectivity index (χ2v) is 15.2. The predicted octanol–water partition coefficient (Wildman–Crippen LogP) is 3.34. The molecule has 3 aromatic rings. The number of aliphatic hydroxyl groups is 1. The molecule has 0 radical (unpaired) electrons. The Labute approximate surface area is 223 Å². The lowest BCUT2D eigenvalue weighted by Crippen LogP contribution is -2.50. The fourth-order valence-electron chi connectivity index (χ4n) is 6.17. The summed E-state index contributed by atoms with van der Waals surface area (Å²) in [5, 5.41) is 13.5. The van der Waals surface area contributed by atoms with Crippen molar-refractivity contribution in [1.82, 2.24) is 14.7 Å². The molecule has 10 heteroatoms. The molecular weight excluding hydrogens is 502 g/mol. The Morgan fingerprint density at radius 3 is 2.71 bits per heavy atom. The maximum atomic E-state index is 13.3. The van der Waals surface area contributed by atoms with Crippen LogP contribution in [0.5, 0.6) is 5.75 Å². The van der Waals surface area contributed by atoms with Gasteiger partial charge in [-0.15, -0.1) is 0 Å². The number of methoxy groups -OCH3 is 1. The maximum absolute atomic E-state index is 13.3. The highest BCUT2D eigenvalue weighted by molar-refractivity contribution is 6.71. The summed E-state index contributed by atoms with van der Waals surface area (Å²) in [6.07, 6.45) is 1.05. The van der Waals surface area contributed by atoms with Crippen LogP contribution in [0.15, 0.2) is 47.3 Å². The fourth-order valence-corrected chi connectivity index (χ4v) is 8.02. The number of aromatic nitrogens is 2. The molecule has 2 aliphatic rings. The van der Waals surface area contributed by atoms with Crippen LogP contribution < -0.4 is 10.3 Å². The van der Waals surface area contributed by atoms with Crippen LogP contribution in [0.3, 0.4) is 0 Å². The third-order valence-corrected chi connectivity index (χ3v) is 10.6. The second kappa shape index (κ2) is 10.3. The summed E-state index contributed by atoms with van der Waals surface area (Å²) in [5.41, 5.74) is 1.75. The van der Waals surface area contributed by atoms with Gasteiger partial charge in [-0.3, -0.25) is 14.7 Å². The van der Waals surface area contributed by atoms with Crippen LogP contribution in [0.4, 0.5) is 0 Å². The van der Waals surface area contributed by atoms with Gasteiger partial charge in [0.1, 0.15) is 11.9 Å². The highest BCUT2D eigenvalue weighted by Crippen LogP contribution is 2.47. The van der Waals surface area contributed by atoms with Crippen molar-refractivity contribution in [3.63, 3.8) is 0 Å². The summed E-state index contributed by atoms with van der Waals surface area (Å²) in [6, 6.07) is 12.8. The standard InChI is InChI=1S/C28H37N3O6Si/c1-17-26(36-2)21-14-18(31-28(34)20-9-5-6-10-22(20)29-31)11-12-23(21)37-27(17)24(38(3,4)35)15-25(33)30-13-7-8-19(30)16-32/h5-6,9-12,14,17,19,24,26-27,29,32,35H,7-8,13,15-16H2,1-4H3/t17-,19-,24?,26-,27-/m0/s1. The lowest BCUT2D eigenvalue weighted by molar-refractivity contribution is -0.133. The number of para-hydroxylation sites is 1. The molecule has 5 rings (SSSR count). The monoisotopic (exact) mass is 539 g/mol. The number of nitrogens with zero attached hydrogens (tertiary/aromatic N) is 2.